The van der Waals surface area contributed by atoms with Crippen LogP contribution in [0.15, 0.2) is 60.7 Å². The number of aldehydes is 1. The van der Waals surface area contributed by atoms with Crippen LogP contribution in [0.4, 0.5) is 0 Å². The van der Waals surface area contributed by atoms with Crippen molar-refractivity contribution in [3.63, 3.8) is 0 Å². The Kier molecular flexibility index (Phi) is 5.47. The first kappa shape index (κ1) is 19.0. The molecule has 1 saturated carbocycles. The maximum atomic E-state index is 12.9. The summed E-state index contributed by atoms with van der Waals surface area (Å²) in [7, 11) is 1.63. The molecule has 0 heterocycles. The van der Waals surface area contributed by atoms with Gasteiger partial charge in [0.25, 0.3) is 5.91 Å². The van der Waals surface area contributed by atoms with Gasteiger partial charge in [0.05, 0.1) is 12.7 Å². The lowest BCUT2D eigenvalue weighted by molar-refractivity contribution is -0.134. The lowest BCUT2D eigenvalue weighted by Crippen LogP contribution is -2.36. The molecule has 0 radical (unpaired) electrons. The average molecular weight is 389 g/mol. The molecular weight excluding hydrogens is 366 g/mol. The molecule has 0 aromatic heterocycles. The van der Waals surface area contributed by atoms with Gasteiger partial charge in [0.2, 0.25) is 0 Å². The van der Waals surface area contributed by atoms with Crippen LogP contribution in [-0.4, -0.2) is 36.9 Å². The van der Waals surface area contributed by atoms with Crippen molar-refractivity contribution in [3.8, 4) is 11.5 Å². The topological polar surface area (TPSA) is 55.8 Å². The van der Waals surface area contributed by atoms with Gasteiger partial charge in [0, 0.05) is 12.6 Å². The van der Waals surface area contributed by atoms with Gasteiger partial charge in [0.15, 0.2) is 12.9 Å². The van der Waals surface area contributed by atoms with Crippen molar-refractivity contribution in [2.75, 3.05) is 13.7 Å². The summed E-state index contributed by atoms with van der Waals surface area (Å²) in [6.07, 6.45) is 2.81. The smallest absolute Gasteiger partial charge is 0.261 e. The number of hydrogen-bond donors (Lipinski definition) is 0. The SMILES string of the molecule is COc1ccc(CN(C(=O)COc2ccc3ccccc3c2C=O)C2CC2)cc1. The third kappa shape index (κ3) is 4.24. The predicted octanol–water partition coefficient (Wildman–Crippen LogP) is 4.23. The van der Waals surface area contributed by atoms with Crippen molar-refractivity contribution in [1.82, 2.24) is 4.90 Å². The first-order valence-corrected chi connectivity index (χ1v) is 9.71. The van der Waals surface area contributed by atoms with E-state index in [1.165, 1.54) is 0 Å². The number of hydrogen-bond acceptors (Lipinski definition) is 4. The average Bonchev–Trinajstić information content (AvgIpc) is 3.61. The molecule has 29 heavy (non-hydrogen) atoms. The molecule has 0 saturated heterocycles. The van der Waals surface area contributed by atoms with E-state index in [0.29, 0.717) is 17.9 Å². The van der Waals surface area contributed by atoms with E-state index in [4.69, 9.17) is 9.47 Å². The normalized spacial score (nSPS) is 13.1. The van der Waals surface area contributed by atoms with E-state index in [1.807, 2.05) is 59.5 Å². The highest BCUT2D eigenvalue weighted by atomic mass is 16.5. The van der Waals surface area contributed by atoms with Crippen LogP contribution >= 0.6 is 0 Å². The molecule has 1 aliphatic rings. The first-order chi connectivity index (χ1) is 14.2. The number of benzene rings is 3. The fraction of sp³-hybridized carbons (Fsp3) is 0.250. The van der Waals surface area contributed by atoms with Crippen LogP contribution in [0.25, 0.3) is 10.8 Å². The van der Waals surface area contributed by atoms with Crippen LogP contribution in [0.1, 0.15) is 28.8 Å². The highest BCUT2D eigenvalue weighted by molar-refractivity contribution is 6.00. The summed E-state index contributed by atoms with van der Waals surface area (Å²) in [5.41, 5.74) is 1.52. The zero-order valence-corrected chi connectivity index (χ0v) is 16.3. The van der Waals surface area contributed by atoms with Gasteiger partial charge in [-0.3, -0.25) is 9.59 Å². The zero-order chi connectivity index (χ0) is 20.2. The number of carbonyl (C=O) groups is 2. The van der Waals surface area contributed by atoms with Gasteiger partial charge < -0.3 is 14.4 Å². The molecule has 1 aliphatic carbocycles. The Labute approximate surface area is 169 Å². The molecule has 4 rings (SSSR count). The van der Waals surface area contributed by atoms with Crippen molar-refractivity contribution in [2.45, 2.75) is 25.4 Å². The van der Waals surface area contributed by atoms with Crippen LogP contribution in [-0.2, 0) is 11.3 Å². The fourth-order valence-corrected chi connectivity index (χ4v) is 3.48. The van der Waals surface area contributed by atoms with Crippen molar-refractivity contribution in [3.05, 3.63) is 71.8 Å². The van der Waals surface area contributed by atoms with Gasteiger partial charge in [-0.15, -0.1) is 0 Å². The van der Waals surface area contributed by atoms with Crippen LogP contribution in [0.3, 0.4) is 0 Å². The van der Waals surface area contributed by atoms with E-state index in [9.17, 15) is 9.59 Å². The Morgan fingerprint density at radius 1 is 1.07 bits per heavy atom. The molecule has 0 spiro atoms. The highest BCUT2D eigenvalue weighted by Crippen LogP contribution is 2.30. The fourth-order valence-electron chi connectivity index (χ4n) is 3.48. The second-order valence-electron chi connectivity index (χ2n) is 7.21. The molecule has 0 N–H and O–H groups in total. The second kappa shape index (κ2) is 8.35. The van der Waals surface area contributed by atoms with Crippen molar-refractivity contribution in [2.24, 2.45) is 0 Å². The van der Waals surface area contributed by atoms with E-state index in [-0.39, 0.29) is 18.6 Å². The molecular formula is C24H23NO4. The minimum absolute atomic E-state index is 0.0756. The molecule has 148 valence electrons. The van der Waals surface area contributed by atoms with Gasteiger partial charge in [-0.2, -0.15) is 0 Å². The zero-order valence-electron chi connectivity index (χ0n) is 16.3. The molecule has 0 atom stereocenters. The number of carbonyl (C=O) groups excluding carboxylic acids is 2. The third-order valence-corrected chi connectivity index (χ3v) is 5.22. The van der Waals surface area contributed by atoms with Crippen LogP contribution in [0, 0.1) is 0 Å². The molecule has 3 aromatic carbocycles. The maximum absolute atomic E-state index is 12.9. The minimum Gasteiger partial charge on any atom is -0.497 e. The maximum Gasteiger partial charge on any atom is 0.261 e. The molecule has 0 bridgehead atoms. The summed E-state index contributed by atoms with van der Waals surface area (Å²) >= 11 is 0. The van der Waals surface area contributed by atoms with Gasteiger partial charge >= 0.3 is 0 Å². The lowest BCUT2D eigenvalue weighted by Gasteiger charge is -2.23. The largest absolute Gasteiger partial charge is 0.497 e. The summed E-state index contributed by atoms with van der Waals surface area (Å²) in [4.78, 5) is 26.4. The van der Waals surface area contributed by atoms with Crippen molar-refractivity contribution in [1.29, 1.82) is 0 Å². The van der Waals surface area contributed by atoms with Gasteiger partial charge in [0.1, 0.15) is 11.5 Å². The molecule has 1 fully saturated rings. The van der Waals surface area contributed by atoms with Crippen LogP contribution in [0.2, 0.25) is 0 Å². The number of ether oxygens (including phenoxy) is 2. The van der Waals surface area contributed by atoms with Gasteiger partial charge in [-0.25, -0.2) is 0 Å². The summed E-state index contributed by atoms with van der Waals surface area (Å²) in [6, 6.07) is 19.3. The van der Waals surface area contributed by atoms with E-state index >= 15 is 0 Å². The molecule has 3 aromatic rings. The molecule has 0 aliphatic heterocycles. The Bertz CT molecular complexity index is 1020. The Morgan fingerprint density at radius 3 is 2.52 bits per heavy atom. The number of methoxy groups -OCH3 is 1. The lowest BCUT2D eigenvalue weighted by atomic mass is 10.0. The van der Waals surface area contributed by atoms with Crippen molar-refractivity contribution >= 4 is 23.0 Å². The molecule has 5 nitrogen and oxygen atoms in total. The number of amides is 1. The van der Waals surface area contributed by atoms with Crippen molar-refractivity contribution < 1.29 is 19.1 Å². The summed E-state index contributed by atoms with van der Waals surface area (Å²) in [6.45, 7) is 0.445. The van der Waals surface area contributed by atoms with E-state index in [0.717, 1.165) is 41.2 Å². The molecule has 1 amide bonds. The Morgan fingerprint density at radius 2 is 1.83 bits per heavy atom. The standard InChI is InChI=1S/C24H23NO4/c1-28-20-11-6-17(7-12-20)14-25(19-9-10-19)24(27)16-29-23-13-8-18-4-2-3-5-21(18)22(23)15-26/h2-8,11-13,15,19H,9-10,14,16H2,1H3. The van der Waals surface area contributed by atoms with E-state index in [2.05, 4.69) is 0 Å². The first-order valence-electron chi connectivity index (χ1n) is 9.71. The quantitative estimate of drug-likeness (QED) is 0.541. The number of rotatable bonds is 8. The van der Waals surface area contributed by atoms with Crippen LogP contribution in [0.5, 0.6) is 11.5 Å². The number of nitrogens with zero attached hydrogens (tertiary/aromatic N) is 1. The van der Waals surface area contributed by atoms with Crippen LogP contribution < -0.4 is 9.47 Å². The second-order valence-corrected chi connectivity index (χ2v) is 7.21. The Hall–Kier alpha value is -3.34. The number of fused-ring (bicyclic) bond motifs is 1. The summed E-state index contributed by atoms with van der Waals surface area (Å²) in [5.74, 6) is 1.15. The monoisotopic (exact) mass is 389 g/mol. The third-order valence-electron chi connectivity index (χ3n) is 5.22. The van der Waals surface area contributed by atoms with Gasteiger partial charge in [-0.05, 0) is 47.4 Å². The summed E-state index contributed by atoms with van der Waals surface area (Å²) < 4.78 is 11.0. The Balaban J connectivity index is 1.47. The van der Waals surface area contributed by atoms with E-state index < -0.39 is 0 Å². The predicted molar refractivity (Wildman–Crippen MR) is 111 cm³/mol. The van der Waals surface area contributed by atoms with E-state index in [1.54, 1.807) is 13.2 Å². The van der Waals surface area contributed by atoms with Gasteiger partial charge in [-0.1, -0.05) is 42.5 Å². The molecule has 0 unspecified atom stereocenters. The summed E-state index contributed by atoms with van der Waals surface area (Å²) in [5, 5.41) is 1.79. The highest BCUT2D eigenvalue weighted by Gasteiger charge is 2.32. The molecule has 5 heteroatoms. The minimum atomic E-state index is -0.0914.